The van der Waals surface area contributed by atoms with Crippen molar-refractivity contribution < 1.29 is 4.42 Å². The Morgan fingerprint density at radius 1 is 0.246 bits per heavy atom. The summed E-state index contributed by atoms with van der Waals surface area (Å²) in [5, 5.41) is 7.04. The van der Waals surface area contributed by atoms with Crippen LogP contribution in [-0.2, 0) is 0 Å². The van der Waals surface area contributed by atoms with E-state index >= 15 is 0 Å². The Kier molecular flexibility index (Phi) is 8.90. The molecule has 3 nitrogen and oxygen atoms in total. The van der Waals surface area contributed by atoms with E-state index in [1.54, 1.807) is 0 Å². The maximum atomic E-state index is 6.87. The first-order valence-electron chi connectivity index (χ1n) is 23.7. The molecule has 0 spiro atoms. The van der Waals surface area contributed by atoms with Crippen LogP contribution in [0.5, 0.6) is 0 Å². The van der Waals surface area contributed by atoms with Gasteiger partial charge in [-0.2, -0.15) is 0 Å². The lowest BCUT2D eigenvalue weighted by molar-refractivity contribution is 0.670. The minimum atomic E-state index is 0.875. The standard InChI is InChI=1S/C66H42N2O/c1-3-18-43(19-4-1)48-22-7-9-24-50(48)45-34-37-62-57(40-45)58-41-46(51-25-10-8-23-49(51)44-20-5-2-6-21-44)35-38-63(58)68(62)64-39-36-47(67-60-31-14-11-26-52(60)53-27-12-15-32-61(53)67)42-59(64)56-30-17-29-55-54-28-13-16-33-65(54)69-66(55)56/h1-42H. The highest BCUT2D eigenvalue weighted by Gasteiger charge is 2.23. The first kappa shape index (κ1) is 39.0. The summed E-state index contributed by atoms with van der Waals surface area (Å²) < 4.78 is 11.8. The predicted octanol–water partition coefficient (Wildman–Crippen LogP) is 18.1. The van der Waals surface area contributed by atoms with Crippen LogP contribution in [0.2, 0.25) is 0 Å². The van der Waals surface area contributed by atoms with Crippen LogP contribution in [0.1, 0.15) is 0 Å². The second kappa shape index (κ2) is 15.7. The molecule has 0 aliphatic carbocycles. The van der Waals surface area contributed by atoms with Gasteiger partial charge in [-0.3, -0.25) is 0 Å². The molecule has 0 fully saturated rings. The SMILES string of the molecule is c1ccc(-c2ccccc2-c2ccc3c(c2)c2cc(-c4ccccc4-c4ccccc4)ccc2n3-c2ccc(-n3c4ccccc4c4ccccc43)cc2-c2cccc3c2oc2ccccc23)cc1. The maximum absolute atomic E-state index is 6.87. The zero-order valence-electron chi connectivity index (χ0n) is 37.6. The number of fused-ring (bicyclic) bond motifs is 9. The fourth-order valence-electron chi connectivity index (χ4n) is 11.1. The molecular formula is C66H42N2O. The number of furan rings is 1. The monoisotopic (exact) mass is 878 g/mol. The van der Waals surface area contributed by atoms with Gasteiger partial charge in [-0.05, 0) is 105 Å². The van der Waals surface area contributed by atoms with Crippen molar-refractivity contribution in [3.63, 3.8) is 0 Å². The van der Waals surface area contributed by atoms with Crippen LogP contribution in [0.4, 0.5) is 0 Å². The van der Waals surface area contributed by atoms with E-state index in [9.17, 15) is 0 Å². The van der Waals surface area contributed by atoms with Gasteiger partial charge in [-0.15, -0.1) is 0 Å². The van der Waals surface area contributed by atoms with E-state index < -0.39 is 0 Å². The zero-order valence-corrected chi connectivity index (χ0v) is 37.6. The van der Waals surface area contributed by atoms with Gasteiger partial charge in [-0.25, -0.2) is 0 Å². The summed E-state index contributed by atoms with van der Waals surface area (Å²) in [5.74, 6) is 0. The molecule has 0 saturated heterocycles. The van der Waals surface area contributed by atoms with Crippen LogP contribution >= 0.6 is 0 Å². The molecular weight excluding hydrogens is 837 g/mol. The van der Waals surface area contributed by atoms with Crippen molar-refractivity contribution in [2.24, 2.45) is 0 Å². The third-order valence-corrected chi connectivity index (χ3v) is 14.2. The molecule has 0 unspecified atom stereocenters. The van der Waals surface area contributed by atoms with Gasteiger partial charge in [0.05, 0.1) is 27.8 Å². The summed E-state index contributed by atoms with van der Waals surface area (Å²) in [6.45, 7) is 0. The number of aromatic nitrogens is 2. The fraction of sp³-hybridized carbons (Fsp3) is 0. The average molecular weight is 879 g/mol. The van der Waals surface area contributed by atoms with Gasteiger partial charge in [0.15, 0.2) is 0 Å². The zero-order chi connectivity index (χ0) is 45.4. The number of nitrogens with zero attached hydrogens (tertiary/aromatic N) is 2. The van der Waals surface area contributed by atoms with Crippen molar-refractivity contribution >= 4 is 65.6 Å². The largest absolute Gasteiger partial charge is 0.455 e. The smallest absolute Gasteiger partial charge is 0.143 e. The van der Waals surface area contributed by atoms with Crippen molar-refractivity contribution in [2.75, 3.05) is 0 Å². The molecule has 0 N–H and O–H groups in total. The Hall–Kier alpha value is -9.18. The van der Waals surface area contributed by atoms with Gasteiger partial charge in [0, 0.05) is 49.1 Å². The molecule has 0 aliphatic rings. The Morgan fingerprint density at radius 3 is 1.28 bits per heavy atom. The highest BCUT2D eigenvalue weighted by molar-refractivity contribution is 6.15. The molecule has 0 amide bonds. The molecule has 0 aliphatic heterocycles. The predicted molar refractivity (Wildman–Crippen MR) is 290 cm³/mol. The van der Waals surface area contributed by atoms with Crippen LogP contribution in [0.15, 0.2) is 259 Å². The first-order chi connectivity index (χ1) is 34.2. The van der Waals surface area contributed by atoms with Crippen LogP contribution < -0.4 is 0 Å². The number of hydrogen-bond donors (Lipinski definition) is 0. The van der Waals surface area contributed by atoms with Gasteiger partial charge < -0.3 is 13.6 Å². The van der Waals surface area contributed by atoms with Gasteiger partial charge in [0.1, 0.15) is 11.2 Å². The normalized spacial score (nSPS) is 11.8. The molecule has 322 valence electrons. The van der Waals surface area contributed by atoms with Crippen LogP contribution in [-0.4, -0.2) is 9.13 Å². The van der Waals surface area contributed by atoms with E-state index in [1.807, 2.05) is 0 Å². The van der Waals surface area contributed by atoms with Crippen molar-refractivity contribution in [3.8, 4) is 67.0 Å². The summed E-state index contributed by atoms with van der Waals surface area (Å²) in [7, 11) is 0. The molecule has 0 atom stereocenters. The second-order valence-corrected chi connectivity index (χ2v) is 18.0. The molecule has 3 heteroatoms. The lowest BCUT2D eigenvalue weighted by Gasteiger charge is -2.18. The summed E-state index contributed by atoms with van der Waals surface area (Å²) >= 11 is 0. The van der Waals surface area contributed by atoms with E-state index in [4.69, 9.17) is 4.42 Å². The Morgan fingerprint density at radius 2 is 0.696 bits per heavy atom. The third-order valence-electron chi connectivity index (χ3n) is 14.2. The molecule has 69 heavy (non-hydrogen) atoms. The number of rotatable bonds is 7. The highest BCUT2D eigenvalue weighted by Crippen LogP contribution is 2.45. The van der Waals surface area contributed by atoms with Crippen molar-refractivity contribution in [3.05, 3.63) is 255 Å². The molecule has 0 bridgehead atoms. The van der Waals surface area contributed by atoms with Gasteiger partial charge in [0.25, 0.3) is 0 Å². The lowest BCUT2D eigenvalue weighted by Crippen LogP contribution is -2.01. The third kappa shape index (κ3) is 6.21. The van der Waals surface area contributed by atoms with E-state index in [1.165, 1.54) is 77.1 Å². The van der Waals surface area contributed by atoms with Gasteiger partial charge >= 0.3 is 0 Å². The minimum absolute atomic E-state index is 0.875. The molecule has 11 aromatic carbocycles. The van der Waals surface area contributed by atoms with Gasteiger partial charge in [0.2, 0.25) is 0 Å². The Bertz CT molecular complexity index is 4110. The Balaban J connectivity index is 1.07. The van der Waals surface area contributed by atoms with E-state index in [0.717, 1.165) is 55.5 Å². The van der Waals surface area contributed by atoms with Crippen molar-refractivity contribution in [2.45, 2.75) is 0 Å². The summed E-state index contributed by atoms with van der Waals surface area (Å²) in [6.07, 6.45) is 0. The average Bonchev–Trinajstić information content (AvgIpc) is 4.09. The highest BCUT2D eigenvalue weighted by atomic mass is 16.3. The summed E-state index contributed by atoms with van der Waals surface area (Å²) in [6, 6.07) is 92.5. The number of hydrogen-bond acceptors (Lipinski definition) is 1. The van der Waals surface area contributed by atoms with Crippen LogP contribution in [0, 0.1) is 0 Å². The second-order valence-electron chi connectivity index (χ2n) is 18.0. The molecule has 3 heterocycles. The van der Waals surface area contributed by atoms with Crippen LogP contribution in [0.3, 0.4) is 0 Å². The van der Waals surface area contributed by atoms with Crippen molar-refractivity contribution in [1.82, 2.24) is 9.13 Å². The van der Waals surface area contributed by atoms with E-state index in [0.29, 0.717) is 0 Å². The summed E-state index contributed by atoms with van der Waals surface area (Å²) in [5.41, 5.74) is 20.2. The molecule has 14 aromatic rings. The molecule has 14 rings (SSSR count). The molecule has 0 radical (unpaired) electrons. The maximum Gasteiger partial charge on any atom is 0.143 e. The number of para-hydroxylation sites is 4. The quantitative estimate of drug-likeness (QED) is 0.156. The fourth-order valence-corrected chi connectivity index (χ4v) is 11.1. The van der Waals surface area contributed by atoms with Crippen LogP contribution in [0.25, 0.3) is 133 Å². The number of benzene rings is 11. The Labute approximate surface area is 399 Å². The van der Waals surface area contributed by atoms with Crippen molar-refractivity contribution in [1.29, 1.82) is 0 Å². The van der Waals surface area contributed by atoms with Gasteiger partial charge in [-0.1, -0.05) is 194 Å². The molecule has 3 aromatic heterocycles. The van der Waals surface area contributed by atoms with E-state index in [2.05, 4.69) is 264 Å². The lowest BCUT2D eigenvalue weighted by atomic mass is 9.92. The topological polar surface area (TPSA) is 23.0 Å². The van der Waals surface area contributed by atoms with E-state index in [-0.39, 0.29) is 0 Å². The first-order valence-corrected chi connectivity index (χ1v) is 23.7. The molecule has 0 saturated carbocycles. The summed E-state index contributed by atoms with van der Waals surface area (Å²) in [4.78, 5) is 0. The minimum Gasteiger partial charge on any atom is -0.455 e.